The van der Waals surface area contributed by atoms with Crippen LogP contribution in [0.2, 0.25) is 0 Å². The lowest BCUT2D eigenvalue weighted by Crippen LogP contribution is -2.70. The summed E-state index contributed by atoms with van der Waals surface area (Å²) < 4.78 is 46.4. The number of allylic oxidation sites excluding steroid dienone is 1. The number of alkyl halides is 2. The summed E-state index contributed by atoms with van der Waals surface area (Å²) >= 11 is 1.51. The monoisotopic (exact) mass is 519 g/mol. The van der Waals surface area contributed by atoms with Crippen LogP contribution in [0.1, 0.15) is 65.7 Å². The number of thioether (sulfide) groups is 1. The van der Waals surface area contributed by atoms with Crippen LogP contribution < -0.4 is 0 Å². The topological polar surface area (TPSA) is 68.7 Å². The van der Waals surface area contributed by atoms with Crippen molar-refractivity contribution >= 4 is 17.5 Å². The number of fused-ring (bicyclic) bond motifs is 7. The third kappa shape index (κ3) is 3.10. The highest BCUT2D eigenvalue weighted by atomic mass is 32.2. The maximum Gasteiger partial charge on any atom is 0.160 e. The number of ketones is 1. The second kappa shape index (κ2) is 8.32. The van der Waals surface area contributed by atoms with Crippen molar-refractivity contribution in [1.82, 2.24) is 4.98 Å². The Kier molecular flexibility index (Phi) is 5.77. The Morgan fingerprint density at radius 3 is 2.78 bits per heavy atom. The Morgan fingerprint density at radius 1 is 1.25 bits per heavy atom. The highest BCUT2D eigenvalue weighted by Crippen LogP contribution is 2.74. The van der Waals surface area contributed by atoms with Gasteiger partial charge in [0.1, 0.15) is 17.9 Å². The SMILES string of the molecule is CCC[C@@H]1O[C@@H]2C[C@H]3[C@@H]4C[C@H](F)C5=CC(=O)CC[C@]5(C)[C@@]4(F)[C@@H](O)C[C@]3(C)[C@]2(Sc2ccccn2)O1. The molecule has 4 fully saturated rings. The normalized spacial score (nSPS) is 49.6. The molecule has 5 nitrogen and oxygen atoms in total. The molecule has 1 N–H and O–H groups in total. The van der Waals surface area contributed by atoms with Crippen molar-refractivity contribution in [2.24, 2.45) is 22.7 Å². The van der Waals surface area contributed by atoms with Crippen molar-refractivity contribution in [2.75, 3.05) is 0 Å². The average Bonchev–Trinajstić information content (AvgIpc) is 3.29. The number of aromatic nitrogens is 1. The van der Waals surface area contributed by atoms with Gasteiger partial charge in [-0.2, -0.15) is 0 Å². The summed E-state index contributed by atoms with van der Waals surface area (Å²) in [7, 11) is 0. The summed E-state index contributed by atoms with van der Waals surface area (Å²) in [5.74, 6) is -1.11. The fourth-order valence-electron chi connectivity index (χ4n) is 8.39. The summed E-state index contributed by atoms with van der Waals surface area (Å²) in [5, 5.41) is 12.5. The van der Waals surface area contributed by atoms with E-state index in [0.717, 1.165) is 17.9 Å². The van der Waals surface area contributed by atoms with Crippen LogP contribution >= 0.6 is 11.8 Å². The number of pyridine rings is 1. The predicted molar refractivity (Wildman–Crippen MR) is 132 cm³/mol. The molecule has 0 spiro atoms. The molecule has 10 atom stereocenters. The Morgan fingerprint density at radius 2 is 2.06 bits per heavy atom. The molecule has 1 aliphatic heterocycles. The standard InChI is InChI=1S/C28H35F2NO4S/c1-4-7-24-34-22-14-17-18-13-20(29)19-12-16(32)9-10-25(19,2)27(18,30)21(33)15-26(17,3)28(22,35-24)36-23-8-5-6-11-31-23/h5-6,8,11-12,17-18,20-22,24,33H,4,7,9-10,13-15H2,1-3H3/t17-,18-,20-,21-,22+,24+,25-,26-,27-,28-/m0/s1. The number of hydrogen-bond donors (Lipinski definition) is 1. The van der Waals surface area contributed by atoms with Crippen LogP contribution in [-0.2, 0) is 14.3 Å². The third-order valence-electron chi connectivity index (χ3n) is 10.1. The molecular weight excluding hydrogens is 484 g/mol. The summed E-state index contributed by atoms with van der Waals surface area (Å²) in [4.78, 5) is 15.8. The zero-order valence-corrected chi connectivity index (χ0v) is 21.9. The van der Waals surface area contributed by atoms with E-state index in [9.17, 15) is 9.90 Å². The van der Waals surface area contributed by atoms with Gasteiger partial charge in [0.05, 0.1) is 11.1 Å². The van der Waals surface area contributed by atoms with Gasteiger partial charge in [0, 0.05) is 29.4 Å². The quantitative estimate of drug-likeness (QED) is 0.562. The van der Waals surface area contributed by atoms with Crippen LogP contribution in [0.5, 0.6) is 0 Å². The molecule has 6 rings (SSSR count). The maximum atomic E-state index is 17.5. The van der Waals surface area contributed by atoms with E-state index in [1.165, 1.54) is 17.8 Å². The fraction of sp³-hybridized carbons (Fsp3) is 0.714. The third-order valence-corrected chi connectivity index (χ3v) is 11.7. The molecule has 1 aromatic rings. The minimum absolute atomic E-state index is 0.0437. The van der Waals surface area contributed by atoms with Gasteiger partial charge in [0.15, 0.2) is 17.0 Å². The van der Waals surface area contributed by atoms with Gasteiger partial charge >= 0.3 is 0 Å². The number of aliphatic hydroxyl groups is 1. The van der Waals surface area contributed by atoms with Gasteiger partial charge in [0.2, 0.25) is 0 Å². The van der Waals surface area contributed by atoms with E-state index in [1.807, 2.05) is 18.2 Å². The molecule has 1 aromatic heterocycles. The molecule has 2 heterocycles. The van der Waals surface area contributed by atoms with Crippen molar-refractivity contribution in [3.05, 3.63) is 36.0 Å². The van der Waals surface area contributed by atoms with Gasteiger partial charge in [-0.25, -0.2) is 13.8 Å². The highest BCUT2D eigenvalue weighted by Gasteiger charge is 2.78. The zero-order valence-electron chi connectivity index (χ0n) is 21.1. The van der Waals surface area contributed by atoms with Crippen molar-refractivity contribution < 1.29 is 28.2 Å². The molecule has 0 aromatic carbocycles. The van der Waals surface area contributed by atoms with Crippen LogP contribution in [0.25, 0.3) is 0 Å². The molecule has 1 saturated heterocycles. The first-order valence-electron chi connectivity index (χ1n) is 13.3. The van der Waals surface area contributed by atoms with Gasteiger partial charge in [-0.15, -0.1) is 0 Å². The first-order chi connectivity index (χ1) is 17.1. The van der Waals surface area contributed by atoms with Gasteiger partial charge in [-0.3, -0.25) is 4.79 Å². The molecule has 3 saturated carbocycles. The molecule has 8 heteroatoms. The summed E-state index contributed by atoms with van der Waals surface area (Å²) in [6.45, 7) is 5.86. The Hall–Kier alpha value is -1.35. The van der Waals surface area contributed by atoms with Crippen LogP contribution in [0, 0.1) is 22.7 Å². The van der Waals surface area contributed by atoms with Gasteiger partial charge in [-0.05, 0) is 61.8 Å². The van der Waals surface area contributed by atoms with E-state index in [4.69, 9.17) is 9.47 Å². The van der Waals surface area contributed by atoms with E-state index in [0.29, 0.717) is 6.42 Å². The van der Waals surface area contributed by atoms with Gasteiger partial charge < -0.3 is 14.6 Å². The highest BCUT2D eigenvalue weighted by molar-refractivity contribution is 8.00. The lowest BCUT2D eigenvalue weighted by Gasteiger charge is -2.64. The number of aliphatic hydroxyl groups excluding tert-OH is 1. The number of halogens is 2. The molecular formula is C28H35F2NO4S. The van der Waals surface area contributed by atoms with E-state index >= 15 is 8.78 Å². The fourth-order valence-corrected chi connectivity index (χ4v) is 9.87. The van der Waals surface area contributed by atoms with E-state index < -0.39 is 39.6 Å². The first kappa shape index (κ1) is 25.0. The van der Waals surface area contributed by atoms with Crippen LogP contribution in [0.15, 0.2) is 41.1 Å². The smallest absolute Gasteiger partial charge is 0.160 e. The minimum Gasteiger partial charge on any atom is -0.390 e. The van der Waals surface area contributed by atoms with E-state index in [-0.39, 0.29) is 55.4 Å². The van der Waals surface area contributed by atoms with Crippen LogP contribution in [0.4, 0.5) is 8.78 Å². The molecule has 36 heavy (non-hydrogen) atoms. The second-order valence-electron chi connectivity index (χ2n) is 11.9. The van der Waals surface area contributed by atoms with Crippen molar-refractivity contribution in [3.8, 4) is 0 Å². The van der Waals surface area contributed by atoms with Gasteiger partial charge in [0.25, 0.3) is 0 Å². The summed E-state index contributed by atoms with van der Waals surface area (Å²) in [5.41, 5.74) is -3.67. The van der Waals surface area contributed by atoms with Crippen molar-refractivity contribution in [2.45, 2.75) is 106 Å². The molecule has 0 bridgehead atoms. The zero-order chi connectivity index (χ0) is 25.5. The largest absolute Gasteiger partial charge is 0.390 e. The molecule has 0 unspecified atom stereocenters. The van der Waals surface area contributed by atoms with Crippen LogP contribution in [0.3, 0.4) is 0 Å². The number of rotatable bonds is 4. The van der Waals surface area contributed by atoms with Crippen molar-refractivity contribution in [1.29, 1.82) is 0 Å². The van der Waals surface area contributed by atoms with E-state index in [1.54, 1.807) is 13.1 Å². The lowest BCUT2D eigenvalue weighted by atomic mass is 9.44. The molecule has 0 amide bonds. The number of nitrogens with zero attached hydrogens (tertiary/aromatic N) is 1. The van der Waals surface area contributed by atoms with Crippen LogP contribution in [-0.4, -0.2) is 51.1 Å². The number of carbonyl (C=O) groups is 1. The second-order valence-corrected chi connectivity index (χ2v) is 13.1. The number of carbonyl (C=O) groups excluding carboxylic acids is 1. The number of hydrogen-bond acceptors (Lipinski definition) is 6. The molecule has 5 aliphatic rings. The molecule has 4 aliphatic carbocycles. The minimum atomic E-state index is -2.02. The Balaban J connectivity index is 1.44. The lowest BCUT2D eigenvalue weighted by molar-refractivity contribution is -0.232. The maximum absolute atomic E-state index is 17.5. The van der Waals surface area contributed by atoms with Gasteiger partial charge in [-0.1, -0.05) is 45.0 Å². The summed E-state index contributed by atoms with van der Waals surface area (Å²) in [6, 6.07) is 5.71. The van der Waals surface area contributed by atoms with Crippen molar-refractivity contribution in [3.63, 3.8) is 0 Å². The molecule has 196 valence electrons. The Bertz CT molecular complexity index is 1090. The number of ether oxygens (including phenoxy) is 2. The predicted octanol–water partition coefficient (Wildman–Crippen LogP) is 5.56. The van der Waals surface area contributed by atoms with E-state index in [2.05, 4.69) is 18.8 Å². The molecule has 0 radical (unpaired) electrons. The first-order valence-corrected chi connectivity index (χ1v) is 14.1. The Labute approximate surface area is 215 Å². The summed E-state index contributed by atoms with van der Waals surface area (Å²) in [6.07, 6.45) is 2.35. The average molecular weight is 520 g/mol.